The first-order valence-electron chi connectivity index (χ1n) is 6.76. The number of unbranched alkanes of at least 4 members (excludes halogenated alkanes) is 1. The molecule has 2 nitrogen and oxygen atoms in total. The second-order valence-electron chi connectivity index (χ2n) is 6.08. The fraction of sp³-hybridized carbons (Fsp3) is 0.929. The lowest BCUT2D eigenvalue weighted by Crippen LogP contribution is -2.34. The van der Waals surface area contributed by atoms with Gasteiger partial charge in [-0.15, -0.1) is 0 Å². The van der Waals surface area contributed by atoms with Gasteiger partial charge in [-0.1, -0.05) is 33.6 Å². The van der Waals surface area contributed by atoms with Crippen LogP contribution in [0.2, 0.25) is 0 Å². The summed E-state index contributed by atoms with van der Waals surface area (Å²) in [6.45, 7) is 6.64. The molecule has 16 heavy (non-hydrogen) atoms. The zero-order valence-corrected chi connectivity index (χ0v) is 10.8. The van der Waals surface area contributed by atoms with E-state index in [1.54, 1.807) is 0 Å². The van der Waals surface area contributed by atoms with Crippen molar-refractivity contribution in [3.63, 3.8) is 0 Å². The van der Waals surface area contributed by atoms with E-state index in [4.69, 9.17) is 4.74 Å². The summed E-state index contributed by atoms with van der Waals surface area (Å²) in [4.78, 5) is 11.5. The van der Waals surface area contributed by atoms with Crippen LogP contribution in [0.15, 0.2) is 0 Å². The van der Waals surface area contributed by atoms with E-state index in [0.717, 1.165) is 6.42 Å². The van der Waals surface area contributed by atoms with E-state index in [1.807, 2.05) is 6.92 Å². The Balaban J connectivity index is 1.98. The topological polar surface area (TPSA) is 26.3 Å². The monoisotopic (exact) mass is 224 g/mol. The zero-order chi connectivity index (χ0) is 11.8. The SMILES string of the molecule is CCCC[C@]1(C)CC[C@@H]2[C@@H](C1)OC(=O)[C@@H]2C. The number of hydrogen-bond acceptors (Lipinski definition) is 2. The van der Waals surface area contributed by atoms with Crippen LogP contribution >= 0.6 is 0 Å². The van der Waals surface area contributed by atoms with E-state index in [0.29, 0.717) is 11.3 Å². The van der Waals surface area contributed by atoms with Crippen molar-refractivity contribution in [2.45, 2.75) is 65.4 Å². The van der Waals surface area contributed by atoms with Crippen LogP contribution in [0.4, 0.5) is 0 Å². The Hall–Kier alpha value is -0.530. The fourth-order valence-electron chi connectivity index (χ4n) is 3.40. The molecule has 2 fully saturated rings. The molecular weight excluding hydrogens is 200 g/mol. The Morgan fingerprint density at radius 3 is 2.94 bits per heavy atom. The molecule has 0 bridgehead atoms. The van der Waals surface area contributed by atoms with Crippen LogP contribution in [0.1, 0.15) is 59.3 Å². The Morgan fingerprint density at radius 1 is 1.50 bits per heavy atom. The predicted molar refractivity (Wildman–Crippen MR) is 64.0 cm³/mol. The molecule has 0 aromatic rings. The predicted octanol–water partition coefficient (Wildman–Crippen LogP) is 3.54. The zero-order valence-electron chi connectivity index (χ0n) is 10.8. The van der Waals surface area contributed by atoms with Gasteiger partial charge >= 0.3 is 5.97 Å². The summed E-state index contributed by atoms with van der Waals surface area (Å²) >= 11 is 0. The summed E-state index contributed by atoms with van der Waals surface area (Å²) in [5.41, 5.74) is 0.418. The van der Waals surface area contributed by atoms with Gasteiger partial charge in [-0.05, 0) is 31.1 Å². The number of esters is 1. The normalized spacial score (nSPS) is 42.9. The molecule has 0 spiro atoms. The molecule has 1 heterocycles. The van der Waals surface area contributed by atoms with Crippen LogP contribution in [0, 0.1) is 17.3 Å². The van der Waals surface area contributed by atoms with Crippen molar-refractivity contribution < 1.29 is 9.53 Å². The van der Waals surface area contributed by atoms with E-state index in [-0.39, 0.29) is 18.0 Å². The standard InChI is InChI=1S/C14H24O2/c1-4-5-7-14(3)8-6-11-10(2)13(15)16-12(11)9-14/h10-12H,4-9H2,1-3H3/t10-,11+,12-,14-/m1/s1. The van der Waals surface area contributed by atoms with Crippen LogP contribution in [0.3, 0.4) is 0 Å². The summed E-state index contributed by atoms with van der Waals surface area (Å²) in [5.74, 6) is 0.678. The lowest BCUT2D eigenvalue weighted by molar-refractivity contribution is -0.145. The highest BCUT2D eigenvalue weighted by molar-refractivity contribution is 5.74. The van der Waals surface area contributed by atoms with Gasteiger partial charge in [0, 0.05) is 5.92 Å². The van der Waals surface area contributed by atoms with Crippen molar-refractivity contribution in [2.75, 3.05) is 0 Å². The quantitative estimate of drug-likeness (QED) is 0.685. The number of hydrogen-bond donors (Lipinski definition) is 0. The molecular formula is C14H24O2. The van der Waals surface area contributed by atoms with Gasteiger partial charge in [0.2, 0.25) is 0 Å². The number of carbonyl (C=O) groups excluding carboxylic acids is 1. The summed E-state index contributed by atoms with van der Waals surface area (Å²) in [7, 11) is 0. The second-order valence-corrected chi connectivity index (χ2v) is 6.08. The smallest absolute Gasteiger partial charge is 0.309 e. The first-order chi connectivity index (χ1) is 7.56. The molecule has 2 aliphatic rings. The fourth-order valence-corrected chi connectivity index (χ4v) is 3.40. The van der Waals surface area contributed by atoms with Crippen molar-refractivity contribution in [1.82, 2.24) is 0 Å². The van der Waals surface area contributed by atoms with Crippen molar-refractivity contribution in [2.24, 2.45) is 17.3 Å². The molecule has 0 unspecified atom stereocenters. The van der Waals surface area contributed by atoms with E-state index in [1.165, 1.54) is 32.1 Å². The number of fused-ring (bicyclic) bond motifs is 1. The average molecular weight is 224 g/mol. The Bertz CT molecular complexity index is 274. The number of rotatable bonds is 3. The van der Waals surface area contributed by atoms with Crippen LogP contribution in [-0.2, 0) is 9.53 Å². The van der Waals surface area contributed by atoms with Crippen LogP contribution in [0.25, 0.3) is 0 Å². The first kappa shape index (κ1) is 11.9. The molecule has 0 aromatic heterocycles. The summed E-state index contributed by atoms with van der Waals surface area (Å²) < 4.78 is 5.51. The molecule has 2 heteroatoms. The van der Waals surface area contributed by atoms with Gasteiger partial charge in [-0.2, -0.15) is 0 Å². The maximum Gasteiger partial charge on any atom is 0.309 e. The second kappa shape index (κ2) is 4.38. The average Bonchev–Trinajstić information content (AvgIpc) is 2.51. The molecule has 0 amide bonds. The van der Waals surface area contributed by atoms with Crippen molar-refractivity contribution in [3.05, 3.63) is 0 Å². The molecule has 0 radical (unpaired) electrons. The van der Waals surface area contributed by atoms with Crippen LogP contribution in [-0.4, -0.2) is 12.1 Å². The minimum atomic E-state index is 0.0368. The third kappa shape index (κ3) is 2.11. The third-order valence-electron chi connectivity index (χ3n) is 4.67. The van der Waals surface area contributed by atoms with Gasteiger partial charge in [-0.3, -0.25) is 4.79 Å². The highest BCUT2D eigenvalue weighted by atomic mass is 16.6. The van der Waals surface area contributed by atoms with Gasteiger partial charge in [-0.25, -0.2) is 0 Å². The molecule has 1 saturated carbocycles. The largest absolute Gasteiger partial charge is 0.462 e. The molecule has 2 rings (SSSR count). The minimum absolute atomic E-state index is 0.0368. The van der Waals surface area contributed by atoms with E-state index >= 15 is 0 Å². The summed E-state index contributed by atoms with van der Waals surface area (Å²) in [5, 5.41) is 0. The Kier molecular flexibility index (Phi) is 3.27. The highest BCUT2D eigenvalue weighted by Crippen LogP contribution is 2.48. The van der Waals surface area contributed by atoms with Crippen LogP contribution < -0.4 is 0 Å². The molecule has 1 aliphatic carbocycles. The molecule has 92 valence electrons. The van der Waals surface area contributed by atoms with Gasteiger partial charge in [0.1, 0.15) is 6.10 Å². The van der Waals surface area contributed by atoms with Crippen molar-refractivity contribution in [3.8, 4) is 0 Å². The lowest BCUT2D eigenvalue weighted by Gasteiger charge is -2.39. The Morgan fingerprint density at radius 2 is 2.25 bits per heavy atom. The number of ether oxygens (including phenoxy) is 1. The van der Waals surface area contributed by atoms with Crippen molar-refractivity contribution in [1.29, 1.82) is 0 Å². The maximum absolute atomic E-state index is 11.5. The van der Waals surface area contributed by atoms with Gasteiger partial charge in [0.15, 0.2) is 0 Å². The number of carbonyl (C=O) groups is 1. The van der Waals surface area contributed by atoms with E-state index < -0.39 is 0 Å². The first-order valence-corrected chi connectivity index (χ1v) is 6.76. The van der Waals surface area contributed by atoms with E-state index in [9.17, 15) is 4.79 Å². The maximum atomic E-state index is 11.5. The van der Waals surface area contributed by atoms with E-state index in [2.05, 4.69) is 13.8 Å². The van der Waals surface area contributed by atoms with Gasteiger partial charge in [0.05, 0.1) is 5.92 Å². The highest BCUT2D eigenvalue weighted by Gasteiger charge is 2.48. The third-order valence-corrected chi connectivity index (χ3v) is 4.67. The van der Waals surface area contributed by atoms with Crippen molar-refractivity contribution >= 4 is 5.97 Å². The van der Waals surface area contributed by atoms with Gasteiger partial charge < -0.3 is 4.74 Å². The molecule has 1 saturated heterocycles. The minimum Gasteiger partial charge on any atom is -0.462 e. The van der Waals surface area contributed by atoms with Gasteiger partial charge in [0.25, 0.3) is 0 Å². The molecule has 0 aromatic carbocycles. The molecule has 0 N–H and O–H groups in total. The molecule has 4 atom stereocenters. The lowest BCUT2D eigenvalue weighted by atomic mass is 9.66. The molecule has 1 aliphatic heterocycles. The summed E-state index contributed by atoms with van der Waals surface area (Å²) in [6.07, 6.45) is 7.62. The van der Waals surface area contributed by atoms with Crippen LogP contribution in [0.5, 0.6) is 0 Å². The summed E-state index contributed by atoms with van der Waals surface area (Å²) in [6, 6.07) is 0. The Labute approximate surface area is 98.7 Å².